The molecule has 0 bridgehead atoms. The predicted octanol–water partition coefficient (Wildman–Crippen LogP) is 3.73. The van der Waals surface area contributed by atoms with Gasteiger partial charge in [0, 0.05) is 16.6 Å². The maximum absolute atomic E-state index is 12.6. The van der Waals surface area contributed by atoms with E-state index in [1.807, 2.05) is 24.3 Å². The third-order valence-corrected chi connectivity index (χ3v) is 5.23. The summed E-state index contributed by atoms with van der Waals surface area (Å²) in [6.07, 6.45) is 2.32. The fourth-order valence-electron chi connectivity index (χ4n) is 3.41. The molecule has 0 aliphatic carbocycles. The topological polar surface area (TPSA) is 61.8 Å². The largest absolute Gasteiger partial charge is 0.507 e. The van der Waals surface area contributed by atoms with E-state index in [0.29, 0.717) is 6.54 Å². The Hall–Kier alpha value is -2.05. The molecule has 2 N–H and O–H groups in total. The third kappa shape index (κ3) is 4.19. The quantitative estimate of drug-likeness (QED) is 0.749. The predicted molar refractivity (Wildman–Crippen MR) is 105 cm³/mol. The number of ether oxygens (including phenoxy) is 1. The number of phenols is 1. The first-order valence-corrected chi connectivity index (χ1v) is 9.53. The number of nitrogens with one attached hydrogen (secondary N) is 1. The van der Waals surface area contributed by atoms with E-state index in [9.17, 15) is 9.90 Å². The average Bonchev–Trinajstić information content (AvgIpc) is 3.18. The van der Waals surface area contributed by atoms with Crippen molar-refractivity contribution >= 4 is 21.8 Å². The first-order chi connectivity index (χ1) is 12.6. The van der Waals surface area contributed by atoms with Crippen LogP contribution in [0, 0.1) is 0 Å². The van der Waals surface area contributed by atoms with Gasteiger partial charge in [-0.3, -0.25) is 9.69 Å². The molecule has 26 heavy (non-hydrogen) atoms. The van der Waals surface area contributed by atoms with Crippen LogP contribution in [0.3, 0.4) is 0 Å². The van der Waals surface area contributed by atoms with E-state index in [4.69, 9.17) is 4.74 Å². The Morgan fingerprint density at radius 3 is 2.73 bits per heavy atom. The van der Waals surface area contributed by atoms with Crippen molar-refractivity contribution in [2.24, 2.45) is 0 Å². The second-order valence-electron chi connectivity index (χ2n) is 6.37. The number of amides is 1. The molecule has 1 heterocycles. The number of halogens is 1. The molecule has 1 atom stereocenters. The lowest BCUT2D eigenvalue weighted by molar-refractivity contribution is 0.0934. The number of para-hydroxylation sites is 1. The Labute approximate surface area is 162 Å². The zero-order valence-electron chi connectivity index (χ0n) is 14.7. The highest BCUT2D eigenvalue weighted by molar-refractivity contribution is 9.10. The van der Waals surface area contributed by atoms with Crippen LogP contribution in [0.4, 0.5) is 0 Å². The molecule has 1 unspecified atom stereocenters. The number of rotatable bonds is 6. The van der Waals surface area contributed by atoms with Gasteiger partial charge in [-0.15, -0.1) is 0 Å². The van der Waals surface area contributed by atoms with Crippen LogP contribution < -0.4 is 10.1 Å². The Bertz CT molecular complexity index is 775. The molecule has 2 aromatic carbocycles. The molecule has 3 rings (SSSR count). The molecule has 2 aromatic rings. The summed E-state index contributed by atoms with van der Waals surface area (Å²) in [5.74, 6) is 0.507. The summed E-state index contributed by atoms with van der Waals surface area (Å²) in [4.78, 5) is 15.0. The van der Waals surface area contributed by atoms with Crippen LogP contribution in [-0.4, -0.2) is 42.7 Å². The number of nitrogens with zero attached hydrogens (tertiary/aromatic N) is 1. The van der Waals surface area contributed by atoms with Crippen LogP contribution in [0.2, 0.25) is 0 Å². The summed E-state index contributed by atoms with van der Waals surface area (Å²) in [6, 6.07) is 12.8. The summed E-state index contributed by atoms with van der Waals surface area (Å²) in [5, 5.41) is 12.9. The lowest BCUT2D eigenvalue weighted by Crippen LogP contribution is -2.37. The van der Waals surface area contributed by atoms with E-state index in [1.54, 1.807) is 19.2 Å². The zero-order chi connectivity index (χ0) is 18.5. The van der Waals surface area contributed by atoms with Crippen molar-refractivity contribution in [2.75, 3.05) is 26.7 Å². The van der Waals surface area contributed by atoms with E-state index >= 15 is 0 Å². The first-order valence-electron chi connectivity index (χ1n) is 8.74. The molecule has 1 fully saturated rings. The van der Waals surface area contributed by atoms with Crippen LogP contribution in [0.1, 0.15) is 34.8 Å². The minimum atomic E-state index is -0.289. The highest BCUT2D eigenvalue weighted by Crippen LogP contribution is 2.31. The van der Waals surface area contributed by atoms with Gasteiger partial charge in [-0.25, -0.2) is 0 Å². The fourth-order valence-corrected chi connectivity index (χ4v) is 3.77. The number of benzene rings is 2. The highest BCUT2D eigenvalue weighted by Gasteiger charge is 2.26. The number of hydrogen-bond acceptors (Lipinski definition) is 4. The first kappa shape index (κ1) is 18.7. The highest BCUT2D eigenvalue weighted by atomic mass is 79.9. The van der Waals surface area contributed by atoms with Crippen molar-refractivity contribution in [1.82, 2.24) is 10.2 Å². The monoisotopic (exact) mass is 418 g/mol. The number of carbonyl (C=O) groups excluding carboxylic acids is 1. The fraction of sp³-hybridized carbons (Fsp3) is 0.350. The maximum atomic E-state index is 12.6. The van der Waals surface area contributed by atoms with Crippen LogP contribution in [0.5, 0.6) is 11.5 Å². The van der Waals surface area contributed by atoms with E-state index in [2.05, 4.69) is 26.1 Å². The number of likely N-dealkylation sites (tertiary alicyclic amines) is 1. The van der Waals surface area contributed by atoms with E-state index in [0.717, 1.165) is 41.7 Å². The summed E-state index contributed by atoms with van der Waals surface area (Å²) in [6.45, 7) is 2.45. The standard InChI is InChI=1S/C20H23BrN2O3/c1-26-19-7-3-2-6-15(19)17(23-10-4-5-11-23)13-22-20(25)16-12-14(21)8-9-18(16)24/h2-3,6-9,12,17,24H,4-5,10-11,13H2,1H3,(H,22,25). The van der Waals surface area contributed by atoms with Crippen LogP contribution in [0.15, 0.2) is 46.9 Å². The van der Waals surface area contributed by atoms with Gasteiger partial charge in [-0.2, -0.15) is 0 Å². The number of aromatic hydroxyl groups is 1. The molecule has 1 saturated heterocycles. The molecule has 0 aromatic heterocycles. The zero-order valence-corrected chi connectivity index (χ0v) is 16.3. The lowest BCUT2D eigenvalue weighted by Gasteiger charge is -2.29. The van der Waals surface area contributed by atoms with Gasteiger partial charge in [-0.05, 0) is 50.2 Å². The normalized spacial score (nSPS) is 15.6. The summed E-state index contributed by atoms with van der Waals surface area (Å²) in [5.41, 5.74) is 1.33. The summed E-state index contributed by atoms with van der Waals surface area (Å²) >= 11 is 3.34. The molecule has 1 amide bonds. The third-order valence-electron chi connectivity index (χ3n) is 4.74. The van der Waals surface area contributed by atoms with Crippen LogP contribution in [0.25, 0.3) is 0 Å². The smallest absolute Gasteiger partial charge is 0.255 e. The molecule has 6 heteroatoms. The molecular weight excluding hydrogens is 396 g/mol. The molecular formula is C20H23BrN2O3. The molecule has 0 radical (unpaired) electrons. The van der Waals surface area contributed by atoms with E-state index in [1.165, 1.54) is 6.07 Å². The Balaban J connectivity index is 1.80. The van der Waals surface area contributed by atoms with Gasteiger partial charge in [0.05, 0.1) is 18.7 Å². The number of phenolic OH excluding ortho intramolecular Hbond substituents is 1. The molecule has 1 aliphatic rings. The van der Waals surface area contributed by atoms with E-state index in [-0.39, 0.29) is 23.3 Å². The molecule has 138 valence electrons. The summed E-state index contributed by atoms with van der Waals surface area (Å²) < 4.78 is 6.28. The minimum Gasteiger partial charge on any atom is -0.507 e. The maximum Gasteiger partial charge on any atom is 0.255 e. The van der Waals surface area contributed by atoms with Crippen molar-refractivity contribution in [3.8, 4) is 11.5 Å². The number of carbonyl (C=O) groups is 1. The van der Waals surface area contributed by atoms with Crippen molar-refractivity contribution in [3.63, 3.8) is 0 Å². The van der Waals surface area contributed by atoms with Gasteiger partial charge in [0.25, 0.3) is 5.91 Å². The summed E-state index contributed by atoms with van der Waals surface area (Å²) in [7, 11) is 1.66. The van der Waals surface area contributed by atoms with Gasteiger partial charge >= 0.3 is 0 Å². The minimum absolute atomic E-state index is 0.0271. The van der Waals surface area contributed by atoms with Crippen molar-refractivity contribution in [3.05, 3.63) is 58.1 Å². The van der Waals surface area contributed by atoms with Gasteiger partial charge < -0.3 is 15.2 Å². The molecule has 1 aliphatic heterocycles. The van der Waals surface area contributed by atoms with Gasteiger partial charge in [-0.1, -0.05) is 34.1 Å². The van der Waals surface area contributed by atoms with E-state index < -0.39 is 0 Å². The van der Waals surface area contributed by atoms with Gasteiger partial charge in [0.2, 0.25) is 0 Å². The second kappa shape index (κ2) is 8.56. The average molecular weight is 419 g/mol. The Kier molecular flexibility index (Phi) is 6.16. The van der Waals surface area contributed by atoms with Crippen molar-refractivity contribution in [2.45, 2.75) is 18.9 Å². The SMILES string of the molecule is COc1ccccc1C(CNC(=O)c1cc(Br)ccc1O)N1CCCC1. The molecule has 0 spiro atoms. The van der Waals surface area contributed by atoms with Gasteiger partial charge in [0.15, 0.2) is 0 Å². The number of hydrogen-bond donors (Lipinski definition) is 2. The Morgan fingerprint density at radius 1 is 1.27 bits per heavy atom. The lowest BCUT2D eigenvalue weighted by atomic mass is 10.0. The molecule has 0 saturated carbocycles. The van der Waals surface area contributed by atoms with Crippen LogP contribution >= 0.6 is 15.9 Å². The van der Waals surface area contributed by atoms with Crippen LogP contribution in [-0.2, 0) is 0 Å². The number of methoxy groups -OCH3 is 1. The van der Waals surface area contributed by atoms with Crippen molar-refractivity contribution < 1.29 is 14.6 Å². The molecule has 5 nitrogen and oxygen atoms in total. The van der Waals surface area contributed by atoms with Gasteiger partial charge in [0.1, 0.15) is 11.5 Å². The van der Waals surface area contributed by atoms with Crippen molar-refractivity contribution in [1.29, 1.82) is 0 Å². The Morgan fingerprint density at radius 2 is 2.00 bits per heavy atom. The second-order valence-corrected chi connectivity index (χ2v) is 7.29.